The van der Waals surface area contributed by atoms with Crippen LogP contribution in [0.15, 0.2) is 0 Å². The van der Waals surface area contributed by atoms with Gasteiger partial charge in [-0.15, -0.1) is 0 Å². The highest BCUT2D eigenvalue weighted by Gasteiger charge is 2.31. The Balaban J connectivity index is 0.00000169. The van der Waals surface area contributed by atoms with Gasteiger partial charge in [-0.2, -0.15) is 0 Å². The average Bonchev–Trinajstić information content (AvgIpc) is 2.67. The van der Waals surface area contributed by atoms with E-state index in [1.165, 1.54) is 12.8 Å². The number of carbonyl (C=O) groups is 1. The van der Waals surface area contributed by atoms with Gasteiger partial charge in [0.05, 0.1) is 0 Å². The highest BCUT2D eigenvalue weighted by Crippen LogP contribution is 2.27. The van der Waals surface area contributed by atoms with E-state index in [4.69, 9.17) is 0 Å². The van der Waals surface area contributed by atoms with Crippen molar-refractivity contribution in [2.75, 3.05) is 0 Å². The molecule has 0 spiro atoms. The molecule has 0 radical (unpaired) electrons. The van der Waals surface area contributed by atoms with E-state index in [9.17, 15) is 4.79 Å². The molecule has 0 saturated heterocycles. The molecule has 1 fully saturated rings. The van der Waals surface area contributed by atoms with E-state index in [0.717, 1.165) is 19.3 Å². The van der Waals surface area contributed by atoms with Gasteiger partial charge >= 0.3 is 0 Å². The summed E-state index contributed by atoms with van der Waals surface area (Å²) in [6.45, 7) is 4.26. The van der Waals surface area contributed by atoms with Gasteiger partial charge in [0, 0.05) is 11.8 Å². The van der Waals surface area contributed by atoms with Crippen LogP contribution in [0.5, 0.6) is 0 Å². The van der Waals surface area contributed by atoms with Gasteiger partial charge in [-0.25, -0.2) is 0 Å². The van der Waals surface area contributed by atoms with E-state index in [0.29, 0.717) is 17.6 Å². The molecule has 0 aromatic rings. The molecule has 14 heavy (non-hydrogen) atoms. The zero-order valence-electron chi connectivity index (χ0n) is 9.26. The minimum absolute atomic E-state index is 0. The number of halogens is 1. The lowest BCUT2D eigenvalue weighted by Crippen LogP contribution is -3.00. The van der Waals surface area contributed by atoms with Gasteiger partial charge in [-0.05, 0) is 19.3 Å². The van der Waals surface area contributed by atoms with Crippen LogP contribution in [0.3, 0.4) is 0 Å². The zero-order chi connectivity index (χ0) is 9.84. The van der Waals surface area contributed by atoms with Crippen LogP contribution in [0.1, 0.15) is 46.0 Å². The molecule has 1 aliphatic rings. The maximum Gasteiger partial charge on any atom is 0.193 e. The van der Waals surface area contributed by atoms with E-state index in [-0.39, 0.29) is 18.4 Å². The number of Topliss-reactive ketones (excluding diaryl/α,β-unsaturated/α-hetero) is 1. The SMILES string of the molecule is CCC(C)C([NH3+])C(=O)C1CCCC1.[Cl-]. The lowest BCUT2D eigenvalue weighted by molar-refractivity contribution is -0.415. The molecular weight excluding hydrogens is 198 g/mol. The summed E-state index contributed by atoms with van der Waals surface area (Å²) in [5, 5.41) is 0. The predicted molar refractivity (Wildman–Crippen MR) is 53.1 cm³/mol. The Morgan fingerprint density at radius 2 is 1.93 bits per heavy atom. The summed E-state index contributed by atoms with van der Waals surface area (Å²) in [6, 6.07) is 0.0353. The molecule has 0 aliphatic heterocycles. The Morgan fingerprint density at radius 1 is 1.43 bits per heavy atom. The summed E-state index contributed by atoms with van der Waals surface area (Å²) < 4.78 is 0. The fourth-order valence-electron chi connectivity index (χ4n) is 2.08. The molecule has 0 aromatic heterocycles. The number of quaternary nitrogens is 1. The maximum atomic E-state index is 11.9. The van der Waals surface area contributed by atoms with Crippen molar-refractivity contribution < 1.29 is 22.9 Å². The van der Waals surface area contributed by atoms with Crippen molar-refractivity contribution in [1.29, 1.82) is 0 Å². The number of carbonyl (C=O) groups excluding carboxylic acids is 1. The average molecular weight is 220 g/mol. The van der Waals surface area contributed by atoms with Crippen molar-refractivity contribution in [3.63, 3.8) is 0 Å². The van der Waals surface area contributed by atoms with Crippen molar-refractivity contribution >= 4 is 5.78 Å². The lowest BCUT2D eigenvalue weighted by Gasteiger charge is -2.17. The van der Waals surface area contributed by atoms with Crippen LogP contribution >= 0.6 is 0 Å². The van der Waals surface area contributed by atoms with Crippen LogP contribution in [0, 0.1) is 11.8 Å². The first-order chi connectivity index (χ1) is 6.16. The summed E-state index contributed by atoms with van der Waals surface area (Å²) >= 11 is 0. The Bertz CT molecular complexity index is 178. The second-order valence-electron chi connectivity index (χ2n) is 4.38. The molecule has 1 aliphatic carbocycles. The normalized spacial score (nSPS) is 21.4. The van der Waals surface area contributed by atoms with Crippen molar-refractivity contribution in [1.82, 2.24) is 0 Å². The monoisotopic (exact) mass is 219 g/mol. The van der Waals surface area contributed by atoms with Crippen molar-refractivity contribution in [2.45, 2.75) is 52.0 Å². The lowest BCUT2D eigenvalue weighted by atomic mass is 9.88. The van der Waals surface area contributed by atoms with Crippen molar-refractivity contribution in [2.24, 2.45) is 11.8 Å². The summed E-state index contributed by atoms with van der Waals surface area (Å²) in [7, 11) is 0. The smallest absolute Gasteiger partial charge is 0.193 e. The summed E-state index contributed by atoms with van der Waals surface area (Å²) in [5.41, 5.74) is 4.00. The summed E-state index contributed by atoms with van der Waals surface area (Å²) in [5.74, 6) is 1.22. The largest absolute Gasteiger partial charge is 1.00 e. The van der Waals surface area contributed by atoms with E-state index >= 15 is 0 Å². The van der Waals surface area contributed by atoms with Crippen LogP contribution in [0.25, 0.3) is 0 Å². The molecule has 3 heteroatoms. The number of rotatable bonds is 4. The number of hydrogen-bond donors (Lipinski definition) is 1. The van der Waals surface area contributed by atoms with Gasteiger partial charge in [-0.1, -0.05) is 26.7 Å². The topological polar surface area (TPSA) is 44.7 Å². The van der Waals surface area contributed by atoms with Crippen LogP contribution in [-0.2, 0) is 4.79 Å². The Labute approximate surface area is 93.0 Å². The molecule has 84 valence electrons. The van der Waals surface area contributed by atoms with Gasteiger partial charge in [0.1, 0.15) is 6.04 Å². The minimum atomic E-state index is 0. The second-order valence-corrected chi connectivity index (χ2v) is 4.38. The first-order valence-corrected chi connectivity index (χ1v) is 5.53. The highest BCUT2D eigenvalue weighted by atomic mass is 35.5. The zero-order valence-corrected chi connectivity index (χ0v) is 10.0. The van der Waals surface area contributed by atoms with Gasteiger partial charge in [0.15, 0.2) is 5.78 Å². The molecule has 1 rings (SSSR count). The Kier molecular flexibility index (Phi) is 6.38. The quantitative estimate of drug-likeness (QED) is 0.609. The van der Waals surface area contributed by atoms with Crippen molar-refractivity contribution in [3.8, 4) is 0 Å². The first-order valence-electron chi connectivity index (χ1n) is 5.53. The van der Waals surface area contributed by atoms with Crippen LogP contribution in [0.2, 0.25) is 0 Å². The second kappa shape index (κ2) is 6.41. The molecular formula is C11H22ClNO. The van der Waals surface area contributed by atoms with E-state index in [1.54, 1.807) is 0 Å². The van der Waals surface area contributed by atoms with Crippen molar-refractivity contribution in [3.05, 3.63) is 0 Å². The van der Waals surface area contributed by atoms with Crippen LogP contribution < -0.4 is 18.1 Å². The molecule has 0 heterocycles. The number of hydrogen-bond acceptors (Lipinski definition) is 1. The fraction of sp³-hybridized carbons (Fsp3) is 0.909. The molecule has 0 amide bonds. The molecule has 1 saturated carbocycles. The van der Waals surface area contributed by atoms with Gasteiger partial charge < -0.3 is 18.1 Å². The Morgan fingerprint density at radius 3 is 2.36 bits per heavy atom. The molecule has 0 bridgehead atoms. The summed E-state index contributed by atoms with van der Waals surface area (Å²) in [6.07, 6.45) is 5.77. The first kappa shape index (κ1) is 13.9. The van der Waals surface area contributed by atoms with Crippen LogP contribution in [-0.4, -0.2) is 11.8 Å². The molecule has 0 aromatic carbocycles. The van der Waals surface area contributed by atoms with Gasteiger partial charge in [0.2, 0.25) is 0 Å². The van der Waals surface area contributed by atoms with E-state index in [1.807, 2.05) is 0 Å². The van der Waals surface area contributed by atoms with E-state index < -0.39 is 0 Å². The third-order valence-corrected chi connectivity index (χ3v) is 3.45. The fourth-order valence-corrected chi connectivity index (χ4v) is 2.08. The minimum Gasteiger partial charge on any atom is -1.00 e. The number of ketones is 1. The molecule has 2 unspecified atom stereocenters. The third kappa shape index (κ3) is 3.25. The van der Waals surface area contributed by atoms with Gasteiger partial charge in [-0.3, -0.25) is 4.79 Å². The molecule has 2 nitrogen and oxygen atoms in total. The van der Waals surface area contributed by atoms with Crippen LogP contribution in [0.4, 0.5) is 0 Å². The van der Waals surface area contributed by atoms with E-state index in [2.05, 4.69) is 19.6 Å². The third-order valence-electron chi connectivity index (χ3n) is 3.45. The standard InChI is InChI=1S/C11H21NO.ClH/c1-3-8(2)10(12)11(13)9-6-4-5-7-9;/h8-10H,3-7,12H2,1-2H3;1H. The maximum absolute atomic E-state index is 11.9. The van der Waals surface area contributed by atoms with Gasteiger partial charge in [0.25, 0.3) is 0 Å². The predicted octanol–water partition coefficient (Wildman–Crippen LogP) is -1.59. The highest BCUT2D eigenvalue weighted by molar-refractivity contribution is 5.85. The molecule has 3 N–H and O–H groups in total. The molecule has 2 atom stereocenters. The Hall–Kier alpha value is -0.0800. The summed E-state index contributed by atoms with van der Waals surface area (Å²) in [4.78, 5) is 11.9.